The van der Waals surface area contributed by atoms with Crippen LogP contribution in [0.25, 0.3) is 16.5 Å². The number of aromatic nitrogens is 1. The minimum Gasteiger partial charge on any atom is -0.456 e. The number of aromatic amines is 1. The average molecular weight is 402 g/mol. The fourth-order valence-electron chi connectivity index (χ4n) is 3.88. The van der Waals surface area contributed by atoms with E-state index in [1.807, 2.05) is 42.6 Å². The van der Waals surface area contributed by atoms with Crippen LogP contribution < -0.4 is 0 Å². The van der Waals surface area contributed by atoms with Crippen LogP contribution in [0.2, 0.25) is 0 Å². The number of para-hydroxylation sites is 1. The topological polar surface area (TPSA) is 62.4 Å². The first kappa shape index (κ1) is 20.0. The van der Waals surface area contributed by atoms with Crippen molar-refractivity contribution in [3.05, 3.63) is 78.0 Å². The summed E-state index contributed by atoms with van der Waals surface area (Å²) in [4.78, 5) is 29.4. The Labute approximate surface area is 176 Å². The van der Waals surface area contributed by atoms with Gasteiger partial charge in [0.25, 0.3) is 5.91 Å². The molecule has 0 saturated carbocycles. The first-order chi connectivity index (χ1) is 14.7. The summed E-state index contributed by atoms with van der Waals surface area (Å²) in [6, 6.07) is 18.3. The number of aryl methyl sites for hydroxylation is 1. The highest BCUT2D eigenvalue weighted by molar-refractivity contribution is 5.83. The molecule has 0 atom stereocenters. The molecule has 5 heteroatoms. The number of hydrogen-bond acceptors (Lipinski definition) is 3. The summed E-state index contributed by atoms with van der Waals surface area (Å²) in [6.45, 7) is 1.03. The number of nitrogens with zero attached hydrogens (tertiary/aromatic N) is 1. The lowest BCUT2D eigenvalue weighted by molar-refractivity contribution is -0.151. The number of nitrogens with one attached hydrogen (secondary N) is 1. The summed E-state index contributed by atoms with van der Waals surface area (Å²) in [5.74, 6) is -0.455. The number of H-pyrrole nitrogens is 1. The number of benzene rings is 2. The number of rotatable bonds is 7. The number of carbonyl (C=O) groups excluding carboxylic acids is 2. The molecule has 0 spiro atoms. The molecule has 1 aliphatic rings. The van der Waals surface area contributed by atoms with Crippen LogP contribution in [0, 0.1) is 0 Å². The lowest BCUT2D eigenvalue weighted by atomic mass is 10.00. The molecule has 1 N–H and O–H groups in total. The minimum atomic E-state index is -0.319. The highest BCUT2D eigenvalue weighted by atomic mass is 16.5. The van der Waals surface area contributed by atoms with Crippen molar-refractivity contribution in [2.24, 2.45) is 0 Å². The maximum absolute atomic E-state index is 12.4. The van der Waals surface area contributed by atoms with E-state index in [0.29, 0.717) is 25.9 Å². The second kappa shape index (κ2) is 9.44. The first-order valence-electron chi connectivity index (χ1n) is 10.4. The predicted octanol–water partition coefficient (Wildman–Crippen LogP) is 4.35. The molecule has 154 valence electrons. The van der Waals surface area contributed by atoms with Gasteiger partial charge in [0.15, 0.2) is 6.61 Å². The van der Waals surface area contributed by atoms with Gasteiger partial charge in [-0.1, -0.05) is 54.6 Å². The van der Waals surface area contributed by atoms with E-state index in [-0.39, 0.29) is 18.5 Å². The van der Waals surface area contributed by atoms with Crippen molar-refractivity contribution in [3.8, 4) is 0 Å². The van der Waals surface area contributed by atoms with Gasteiger partial charge in [-0.05, 0) is 42.0 Å². The standard InChI is InChI=1S/C25H26N2O3/c28-24(27-15-13-20(14-16-27)19-7-2-1-3-8-19)18-30-25(29)12-6-9-21-17-26-23-11-5-4-10-22(21)23/h1-5,7-8,10-11,13,17,26H,6,9,12,14-16,18H2. The van der Waals surface area contributed by atoms with E-state index >= 15 is 0 Å². The summed E-state index contributed by atoms with van der Waals surface area (Å²) >= 11 is 0. The van der Waals surface area contributed by atoms with E-state index < -0.39 is 0 Å². The average Bonchev–Trinajstić information content (AvgIpc) is 3.21. The Kier molecular flexibility index (Phi) is 6.28. The van der Waals surface area contributed by atoms with Crippen LogP contribution in [0.5, 0.6) is 0 Å². The number of fused-ring (bicyclic) bond motifs is 1. The monoisotopic (exact) mass is 402 g/mol. The molecule has 0 radical (unpaired) electrons. The van der Waals surface area contributed by atoms with Crippen molar-refractivity contribution in [3.63, 3.8) is 0 Å². The Balaban J connectivity index is 1.19. The minimum absolute atomic E-state index is 0.136. The van der Waals surface area contributed by atoms with Gasteiger partial charge >= 0.3 is 5.97 Å². The van der Waals surface area contributed by atoms with E-state index in [0.717, 1.165) is 18.4 Å². The number of hydrogen-bond donors (Lipinski definition) is 1. The van der Waals surface area contributed by atoms with Gasteiger partial charge in [0, 0.05) is 36.6 Å². The maximum Gasteiger partial charge on any atom is 0.306 e. The van der Waals surface area contributed by atoms with Crippen LogP contribution in [-0.4, -0.2) is 41.5 Å². The van der Waals surface area contributed by atoms with E-state index in [1.54, 1.807) is 4.90 Å². The van der Waals surface area contributed by atoms with Crippen LogP contribution >= 0.6 is 0 Å². The lowest BCUT2D eigenvalue weighted by Crippen LogP contribution is -2.37. The summed E-state index contributed by atoms with van der Waals surface area (Å²) in [5, 5.41) is 1.19. The van der Waals surface area contributed by atoms with Crippen LogP contribution in [-0.2, 0) is 20.7 Å². The van der Waals surface area contributed by atoms with Gasteiger partial charge in [-0.25, -0.2) is 0 Å². The van der Waals surface area contributed by atoms with Crippen molar-refractivity contribution in [2.45, 2.75) is 25.7 Å². The quantitative estimate of drug-likeness (QED) is 0.598. The summed E-state index contributed by atoms with van der Waals surface area (Å²) in [5.41, 5.74) is 4.76. The molecule has 1 aromatic heterocycles. The zero-order chi connectivity index (χ0) is 20.8. The van der Waals surface area contributed by atoms with Gasteiger partial charge < -0.3 is 14.6 Å². The zero-order valence-corrected chi connectivity index (χ0v) is 17.0. The van der Waals surface area contributed by atoms with Gasteiger partial charge in [-0.2, -0.15) is 0 Å². The molecule has 0 saturated heterocycles. The van der Waals surface area contributed by atoms with E-state index in [2.05, 4.69) is 29.3 Å². The second-order valence-electron chi connectivity index (χ2n) is 7.56. The van der Waals surface area contributed by atoms with Crippen LogP contribution in [0.4, 0.5) is 0 Å². The molecule has 0 unspecified atom stereocenters. The Bertz CT molecular complexity index is 1050. The molecule has 30 heavy (non-hydrogen) atoms. The van der Waals surface area contributed by atoms with Crippen molar-refractivity contribution in [1.29, 1.82) is 0 Å². The van der Waals surface area contributed by atoms with Gasteiger partial charge in [0.2, 0.25) is 0 Å². The molecule has 1 aliphatic heterocycles. The van der Waals surface area contributed by atoms with Gasteiger partial charge in [-0.3, -0.25) is 9.59 Å². The van der Waals surface area contributed by atoms with Gasteiger partial charge in [0.1, 0.15) is 0 Å². The van der Waals surface area contributed by atoms with Crippen LogP contribution in [0.15, 0.2) is 66.9 Å². The zero-order valence-electron chi connectivity index (χ0n) is 17.0. The summed E-state index contributed by atoms with van der Waals surface area (Å²) in [6.07, 6.45) is 6.69. The summed E-state index contributed by atoms with van der Waals surface area (Å²) in [7, 11) is 0. The maximum atomic E-state index is 12.4. The molecule has 4 rings (SSSR count). The summed E-state index contributed by atoms with van der Waals surface area (Å²) < 4.78 is 5.22. The largest absolute Gasteiger partial charge is 0.456 e. The fraction of sp³-hybridized carbons (Fsp3) is 0.280. The molecule has 0 bridgehead atoms. The molecule has 2 aromatic carbocycles. The van der Waals surface area contributed by atoms with E-state index in [4.69, 9.17) is 4.74 Å². The predicted molar refractivity (Wildman–Crippen MR) is 118 cm³/mol. The molecule has 2 heterocycles. The van der Waals surface area contributed by atoms with Gasteiger partial charge in [-0.15, -0.1) is 0 Å². The first-order valence-corrected chi connectivity index (χ1v) is 10.4. The van der Waals surface area contributed by atoms with Crippen molar-refractivity contribution in [1.82, 2.24) is 9.88 Å². The Morgan fingerprint density at radius 3 is 2.63 bits per heavy atom. The number of amides is 1. The Morgan fingerprint density at radius 2 is 1.83 bits per heavy atom. The number of carbonyl (C=O) groups is 2. The third kappa shape index (κ3) is 4.79. The molecular weight excluding hydrogens is 376 g/mol. The smallest absolute Gasteiger partial charge is 0.306 e. The third-order valence-corrected chi connectivity index (χ3v) is 5.56. The Hall–Kier alpha value is -3.34. The van der Waals surface area contributed by atoms with Crippen molar-refractivity contribution >= 4 is 28.4 Å². The molecule has 0 aliphatic carbocycles. The number of ether oxygens (including phenoxy) is 1. The van der Waals surface area contributed by atoms with Gasteiger partial charge in [0.05, 0.1) is 0 Å². The van der Waals surface area contributed by atoms with Crippen LogP contribution in [0.3, 0.4) is 0 Å². The second-order valence-corrected chi connectivity index (χ2v) is 7.56. The molecule has 5 nitrogen and oxygen atoms in total. The molecule has 1 amide bonds. The molecule has 0 fully saturated rings. The fourth-order valence-corrected chi connectivity index (χ4v) is 3.88. The van der Waals surface area contributed by atoms with E-state index in [9.17, 15) is 9.59 Å². The van der Waals surface area contributed by atoms with E-state index in [1.165, 1.54) is 22.1 Å². The number of esters is 1. The lowest BCUT2D eigenvalue weighted by Gasteiger charge is -2.26. The van der Waals surface area contributed by atoms with Crippen molar-refractivity contribution < 1.29 is 14.3 Å². The normalized spacial score (nSPS) is 13.9. The SMILES string of the molecule is O=C(CCCc1c[nH]c2ccccc12)OCC(=O)N1CC=C(c2ccccc2)CC1. The Morgan fingerprint density at radius 1 is 1.03 bits per heavy atom. The molecule has 3 aromatic rings. The third-order valence-electron chi connectivity index (χ3n) is 5.56. The highest BCUT2D eigenvalue weighted by Crippen LogP contribution is 2.22. The molecular formula is C25H26N2O3. The highest BCUT2D eigenvalue weighted by Gasteiger charge is 2.19. The van der Waals surface area contributed by atoms with Crippen LogP contribution in [0.1, 0.15) is 30.4 Å². The van der Waals surface area contributed by atoms with Crippen molar-refractivity contribution in [2.75, 3.05) is 19.7 Å².